The molecule has 0 aliphatic carbocycles. The smallest absolute Gasteiger partial charge is 0.326 e. The molecule has 196 valence electrons. The van der Waals surface area contributed by atoms with Crippen molar-refractivity contribution >= 4 is 23.7 Å². The number of carboxylic acids is 1. The summed E-state index contributed by atoms with van der Waals surface area (Å²) in [4.78, 5) is 59.2. The monoisotopic (exact) mass is 493 g/mol. The van der Waals surface area contributed by atoms with Crippen molar-refractivity contribution in [3.05, 3.63) is 18.2 Å². The zero-order valence-corrected chi connectivity index (χ0v) is 20.5. The summed E-state index contributed by atoms with van der Waals surface area (Å²) in [5, 5.41) is 14.8. The number of H-pyrrole nitrogens is 1. The maximum Gasteiger partial charge on any atom is 0.326 e. The minimum Gasteiger partial charge on any atom is -0.480 e. The summed E-state index contributed by atoms with van der Waals surface area (Å²) in [6, 6.07) is -3.61. The quantitative estimate of drug-likeness (QED) is 0.186. The van der Waals surface area contributed by atoms with Gasteiger partial charge in [0.05, 0.1) is 12.4 Å². The molecule has 0 bridgehead atoms. The van der Waals surface area contributed by atoms with Gasteiger partial charge in [-0.1, -0.05) is 20.3 Å². The molecule has 1 fully saturated rings. The Morgan fingerprint density at radius 1 is 1.26 bits per heavy atom. The SMILES string of the molecule is CCC(C)C(N)C(=O)N1CCCC1C(=O)NC(Cc1cnc[nH]1)C(=O)NC(CCCCN)C(=O)O. The fourth-order valence-electron chi connectivity index (χ4n) is 4.11. The molecule has 0 saturated carbocycles. The first-order chi connectivity index (χ1) is 16.7. The van der Waals surface area contributed by atoms with E-state index in [0.29, 0.717) is 44.5 Å². The topological polar surface area (TPSA) is 197 Å². The van der Waals surface area contributed by atoms with Crippen LogP contribution in [-0.4, -0.2) is 80.9 Å². The molecule has 1 aromatic rings. The number of aromatic nitrogens is 2. The zero-order valence-electron chi connectivity index (χ0n) is 20.5. The van der Waals surface area contributed by atoms with E-state index in [1.807, 2.05) is 13.8 Å². The minimum absolute atomic E-state index is 0.0297. The Bertz CT molecular complexity index is 847. The average molecular weight is 494 g/mol. The summed E-state index contributed by atoms with van der Waals surface area (Å²) >= 11 is 0. The summed E-state index contributed by atoms with van der Waals surface area (Å²) in [5.41, 5.74) is 12.2. The van der Waals surface area contributed by atoms with Gasteiger partial charge >= 0.3 is 5.97 Å². The Morgan fingerprint density at radius 2 is 2.00 bits per heavy atom. The van der Waals surface area contributed by atoms with Crippen molar-refractivity contribution in [2.75, 3.05) is 13.1 Å². The van der Waals surface area contributed by atoms with Gasteiger partial charge in [0.1, 0.15) is 18.1 Å². The summed E-state index contributed by atoms with van der Waals surface area (Å²) < 4.78 is 0. The molecule has 2 heterocycles. The molecule has 3 amide bonds. The Hall–Kier alpha value is -2.99. The molecule has 8 N–H and O–H groups in total. The molecule has 5 unspecified atom stereocenters. The van der Waals surface area contributed by atoms with E-state index in [9.17, 15) is 24.3 Å². The van der Waals surface area contributed by atoms with E-state index in [1.165, 1.54) is 17.4 Å². The molecule has 1 aliphatic rings. The Labute approximate surface area is 205 Å². The number of hydrogen-bond donors (Lipinski definition) is 6. The van der Waals surface area contributed by atoms with Crippen LogP contribution >= 0.6 is 0 Å². The number of unbranched alkanes of at least 4 members (excludes halogenated alkanes) is 1. The van der Waals surface area contributed by atoms with Crippen LogP contribution in [0.2, 0.25) is 0 Å². The number of carbonyl (C=O) groups is 4. The van der Waals surface area contributed by atoms with Crippen molar-refractivity contribution < 1.29 is 24.3 Å². The van der Waals surface area contributed by atoms with Crippen molar-refractivity contribution in [2.45, 2.75) is 83.0 Å². The maximum atomic E-state index is 13.2. The average Bonchev–Trinajstić information content (AvgIpc) is 3.53. The Morgan fingerprint density at radius 3 is 2.60 bits per heavy atom. The van der Waals surface area contributed by atoms with E-state index in [4.69, 9.17) is 11.5 Å². The number of carbonyl (C=O) groups excluding carboxylic acids is 3. The first kappa shape index (κ1) is 28.2. The van der Waals surface area contributed by atoms with Crippen LogP contribution in [0.5, 0.6) is 0 Å². The predicted octanol–water partition coefficient (Wildman–Crippen LogP) is -0.500. The summed E-state index contributed by atoms with van der Waals surface area (Å²) in [7, 11) is 0. The number of imidazole rings is 1. The van der Waals surface area contributed by atoms with Gasteiger partial charge in [-0.15, -0.1) is 0 Å². The summed E-state index contributed by atoms with van der Waals surface area (Å²) in [5.74, 6) is -2.56. The van der Waals surface area contributed by atoms with Gasteiger partial charge in [0, 0.05) is 24.9 Å². The number of nitrogens with zero attached hydrogens (tertiary/aromatic N) is 2. The molecule has 1 aromatic heterocycles. The van der Waals surface area contributed by atoms with Gasteiger partial charge in [-0.25, -0.2) is 9.78 Å². The van der Waals surface area contributed by atoms with E-state index >= 15 is 0 Å². The number of amides is 3. The second-order valence-corrected chi connectivity index (χ2v) is 9.13. The van der Waals surface area contributed by atoms with Gasteiger partial charge < -0.3 is 37.1 Å². The first-order valence-corrected chi connectivity index (χ1v) is 12.3. The lowest BCUT2D eigenvalue weighted by Crippen LogP contribution is -2.57. The van der Waals surface area contributed by atoms with Gasteiger partial charge in [0.15, 0.2) is 0 Å². The standard InChI is InChI=1S/C23H39N7O5/c1-3-14(2)19(25)22(33)30-10-6-8-18(30)21(32)29-17(11-15-12-26-13-27-15)20(31)28-16(23(34)35)7-4-5-9-24/h12-14,16-19H,3-11,24-25H2,1-2H3,(H,26,27)(H,28,31)(H,29,32)(H,34,35). The molecule has 2 rings (SSSR count). The Balaban J connectivity index is 2.14. The van der Waals surface area contributed by atoms with Gasteiger partial charge in [-0.3, -0.25) is 14.4 Å². The highest BCUT2D eigenvalue weighted by Crippen LogP contribution is 2.21. The first-order valence-electron chi connectivity index (χ1n) is 12.3. The molecule has 35 heavy (non-hydrogen) atoms. The van der Waals surface area contributed by atoms with E-state index in [-0.39, 0.29) is 24.7 Å². The van der Waals surface area contributed by atoms with Crippen LogP contribution in [0.25, 0.3) is 0 Å². The van der Waals surface area contributed by atoms with E-state index in [1.54, 1.807) is 0 Å². The van der Waals surface area contributed by atoms with Crippen molar-refractivity contribution in [2.24, 2.45) is 17.4 Å². The molecule has 0 radical (unpaired) electrons. The van der Waals surface area contributed by atoms with Crippen LogP contribution in [0.1, 0.15) is 58.1 Å². The number of nitrogens with one attached hydrogen (secondary N) is 3. The van der Waals surface area contributed by atoms with Gasteiger partial charge in [0.2, 0.25) is 17.7 Å². The highest BCUT2D eigenvalue weighted by molar-refractivity contribution is 5.94. The number of aliphatic carboxylic acids is 1. The highest BCUT2D eigenvalue weighted by atomic mass is 16.4. The van der Waals surface area contributed by atoms with Gasteiger partial charge in [-0.05, 0) is 44.6 Å². The number of rotatable bonds is 14. The van der Waals surface area contributed by atoms with Crippen LogP contribution < -0.4 is 22.1 Å². The molecule has 1 saturated heterocycles. The lowest BCUT2D eigenvalue weighted by molar-refractivity contribution is -0.143. The number of carboxylic acid groups (broad SMARTS) is 1. The molecule has 0 aromatic carbocycles. The van der Waals surface area contributed by atoms with Crippen LogP contribution in [0.3, 0.4) is 0 Å². The van der Waals surface area contributed by atoms with Gasteiger partial charge in [0.25, 0.3) is 0 Å². The van der Waals surface area contributed by atoms with E-state index in [0.717, 1.165) is 6.42 Å². The molecule has 0 spiro atoms. The van der Waals surface area contributed by atoms with Crippen LogP contribution in [0.4, 0.5) is 0 Å². The summed E-state index contributed by atoms with van der Waals surface area (Å²) in [6.07, 6.45) is 6.31. The minimum atomic E-state index is -1.16. The lowest BCUT2D eigenvalue weighted by Gasteiger charge is -2.30. The molecular formula is C23H39N7O5. The molecule has 12 heteroatoms. The number of nitrogens with two attached hydrogens (primary N) is 2. The van der Waals surface area contributed by atoms with E-state index < -0.39 is 42.0 Å². The van der Waals surface area contributed by atoms with Crippen molar-refractivity contribution in [3.63, 3.8) is 0 Å². The van der Waals surface area contributed by atoms with Crippen molar-refractivity contribution in [1.82, 2.24) is 25.5 Å². The van der Waals surface area contributed by atoms with Gasteiger partial charge in [-0.2, -0.15) is 0 Å². The number of likely N-dealkylation sites (tertiary alicyclic amines) is 1. The fraction of sp³-hybridized carbons (Fsp3) is 0.696. The third-order valence-corrected chi connectivity index (χ3v) is 6.55. The lowest BCUT2D eigenvalue weighted by atomic mass is 9.98. The Kier molecular flexibility index (Phi) is 11.1. The van der Waals surface area contributed by atoms with Crippen molar-refractivity contribution in [1.29, 1.82) is 0 Å². The molecule has 12 nitrogen and oxygen atoms in total. The second kappa shape index (κ2) is 13.8. The second-order valence-electron chi connectivity index (χ2n) is 9.13. The number of hydrogen-bond acceptors (Lipinski definition) is 7. The van der Waals surface area contributed by atoms with Crippen LogP contribution in [-0.2, 0) is 25.6 Å². The third-order valence-electron chi connectivity index (χ3n) is 6.55. The molecular weight excluding hydrogens is 454 g/mol. The van der Waals surface area contributed by atoms with Crippen molar-refractivity contribution in [3.8, 4) is 0 Å². The molecule has 5 atom stereocenters. The van der Waals surface area contributed by atoms with Crippen LogP contribution in [0.15, 0.2) is 12.5 Å². The molecule has 1 aliphatic heterocycles. The van der Waals surface area contributed by atoms with E-state index in [2.05, 4.69) is 20.6 Å². The maximum absolute atomic E-state index is 13.2. The largest absolute Gasteiger partial charge is 0.480 e. The predicted molar refractivity (Wildman–Crippen MR) is 129 cm³/mol. The fourth-order valence-corrected chi connectivity index (χ4v) is 4.11. The summed E-state index contributed by atoms with van der Waals surface area (Å²) in [6.45, 7) is 4.69. The highest BCUT2D eigenvalue weighted by Gasteiger charge is 2.38. The third kappa shape index (κ3) is 8.03. The zero-order chi connectivity index (χ0) is 26.0. The number of aromatic amines is 1. The van der Waals surface area contributed by atoms with Crippen LogP contribution in [0, 0.1) is 5.92 Å². The normalized spacial score (nSPS) is 19.0.